The molecular formula is C28H29N5O2S. The summed E-state index contributed by atoms with van der Waals surface area (Å²) >= 11 is 1.55. The lowest BCUT2D eigenvalue weighted by Crippen LogP contribution is -2.35. The van der Waals surface area contributed by atoms with E-state index in [0.717, 1.165) is 57.0 Å². The summed E-state index contributed by atoms with van der Waals surface area (Å²) in [7, 11) is 3.66. The molecule has 2 aromatic heterocycles. The molecule has 0 unspecified atom stereocenters. The molecule has 184 valence electrons. The highest BCUT2D eigenvalue weighted by atomic mass is 32.1. The van der Waals surface area contributed by atoms with Crippen LogP contribution in [0.3, 0.4) is 0 Å². The number of likely N-dealkylation sites (N-methyl/N-ethyl adjacent to an activating group) is 1. The summed E-state index contributed by atoms with van der Waals surface area (Å²) in [6, 6.07) is 13.7. The van der Waals surface area contributed by atoms with E-state index < -0.39 is 5.54 Å². The predicted molar refractivity (Wildman–Crippen MR) is 143 cm³/mol. The van der Waals surface area contributed by atoms with Crippen LogP contribution in [0.4, 0.5) is 0 Å². The fraction of sp³-hybridized carbons (Fsp3) is 0.286. The minimum Gasteiger partial charge on any atom is -0.497 e. The van der Waals surface area contributed by atoms with Gasteiger partial charge in [-0.15, -0.1) is 10.2 Å². The number of rotatable bonds is 5. The lowest BCUT2D eigenvalue weighted by molar-refractivity contribution is 0.0930. The van der Waals surface area contributed by atoms with E-state index in [9.17, 15) is 4.79 Å². The van der Waals surface area contributed by atoms with Crippen LogP contribution in [0.25, 0.3) is 21.5 Å². The number of pyridine rings is 1. The number of benzene rings is 2. The van der Waals surface area contributed by atoms with Crippen LogP contribution in [-0.4, -0.2) is 46.7 Å². The van der Waals surface area contributed by atoms with Crippen molar-refractivity contribution in [3.63, 3.8) is 0 Å². The summed E-state index contributed by atoms with van der Waals surface area (Å²) in [5, 5.41) is 14.6. The van der Waals surface area contributed by atoms with Gasteiger partial charge in [0.1, 0.15) is 15.8 Å². The smallest absolute Gasteiger partial charge is 0.252 e. The Hall–Kier alpha value is -3.78. The first-order valence-electron chi connectivity index (χ1n) is 11.9. The molecule has 0 atom stereocenters. The van der Waals surface area contributed by atoms with Gasteiger partial charge in [0.2, 0.25) is 0 Å². The predicted octanol–water partition coefficient (Wildman–Crippen LogP) is 5.24. The molecule has 1 saturated carbocycles. The maximum absolute atomic E-state index is 13.3. The van der Waals surface area contributed by atoms with Crippen molar-refractivity contribution >= 4 is 28.1 Å². The third-order valence-corrected chi connectivity index (χ3v) is 7.44. The van der Waals surface area contributed by atoms with Crippen LogP contribution in [0.1, 0.15) is 39.3 Å². The second-order valence-electron chi connectivity index (χ2n) is 9.26. The molecule has 0 bridgehead atoms. The number of carbonyl (C=O) groups is 1. The van der Waals surface area contributed by atoms with Gasteiger partial charge in [-0.2, -0.15) is 0 Å². The Morgan fingerprint density at radius 3 is 2.53 bits per heavy atom. The quantitative estimate of drug-likeness (QED) is 0.404. The molecular weight excluding hydrogens is 470 g/mol. The Morgan fingerprint density at radius 1 is 1.14 bits per heavy atom. The van der Waals surface area contributed by atoms with E-state index >= 15 is 0 Å². The van der Waals surface area contributed by atoms with Gasteiger partial charge in [-0.3, -0.25) is 9.78 Å². The maximum Gasteiger partial charge on any atom is 0.252 e. The van der Waals surface area contributed by atoms with Crippen molar-refractivity contribution in [1.29, 1.82) is 0 Å². The van der Waals surface area contributed by atoms with Gasteiger partial charge in [0, 0.05) is 36.3 Å². The van der Waals surface area contributed by atoms with E-state index in [1.807, 2.05) is 38.1 Å². The van der Waals surface area contributed by atoms with Gasteiger partial charge in [-0.25, -0.2) is 0 Å². The largest absolute Gasteiger partial charge is 0.497 e. The number of aryl methyl sites for hydroxylation is 2. The van der Waals surface area contributed by atoms with Gasteiger partial charge in [0.15, 0.2) is 0 Å². The molecule has 6 rings (SSSR count). The highest BCUT2D eigenvalue weighted by Crippen LogP contribution is 2.49. The molecule has 0 radical (unpaired) electrons. The van der Waals surface area contributed by atoms with Crippen LogP contribution >= 0.6 is 11.3 Å². The zero-order chi connectivity index (χ0) is 25.3. The van der Waals surface area contributed by atoms with Gasteiger partial charge in [-0.1, -0.05) is 23.5 Å². The Balaban J connectivity index is 0.000000477. The molecule has 0 saturated heterocycles. The van der Waals surface area contributed by atoms with E-state index in [0.29, 0.717) is 11.3 Å². The first kappa shape index (κ1) is 23.9. The molecule has 36 heavy (non-hydrogen) atoms. The summed E-state index contributed by atoms with van der Waals surface area (Å²) in [6.45, 7) is 5.02. The maximum atomic E-state index is 13.3. The van der Waals surface area contributed by atoms with Gasteiger partial charge < -0.3 is 15.0 Å². The molecule has 1 aliphatic heterocycles. The fourth-order valence-electron chi connectivity index (χ4n) is 4.28. The average molecular weight is 500 g/mol. The molecule has 8 heteroatoms. The molecule has 2 aromatic carbocycles. The van der Waals surface area contributed by atoms with Crippen molar-refractivity contribution in [2.24, 2.45) is 0 Å². The number of hydrogen-bond donors (Lipinski definition) is 1. The third kappa shape index (κ3) is 4.81. The van der Waals surface area contributed by atoms with Gasteiger partial charge in [-0.05, 0) is 80.4 Å². The molecule has 1 aliphatic carbocycles. The lowest BCUT2D eigenvalue weighted by atomic mass is 9.96. The minimum absolute atomic E-state index is 0.0943. The minimum atomic E-state index is -0.413. The average Bonchev–Trinajstić information content (AvgIpc) is 3.52. The molecule has 3 heterocycles. The number of amides is 1. The number of nitrogens with zero attached hydrogens (tertiary/aromatic N) is 4. The molecule has 4 aromatic rings. The molecule has 0 spiro atoms. The number of fused-ring (bicyclic) bond motifs is 1. The van der Waals surface area contributed by atoms with Crippen LogP contribution in [0.2, 0.25) is 0 Å². The van der Waals surface area contributed by atoms with E-state index in [-0.39, 0.29) is 5.91 Å². The van der Waals surface area contributed by atoms with Crippen molar-refractivity contribution in [3.8, 4) is 16.3 Å². The summed E-state index contributed by atoms with van der Waals surface area (Å²) < 4.78 is 5.31. The zero-order valence-corrected chi connectivity index (χ0v) is 21.7. The van der Waals surface area contributed by atoms with E-state index in [1.165, 1.54) is 0 Å². The highest BCUT2D eigenvalue weighted by Gasteiger charge is 2.47. The first-order valence-corrected chi connectivity index (χ1v) is 12.7. The van der Waals surface area contributed by atoms with Crippen LogP contribution in [-0.2, 0) is 5.54 Å². The molecule has 2 aliphatic rings. The van der Waals surface area contributed by atoms with Gasteiger partial charge >= 0.3 is 0 Å². The molecule has 1 N–H and O–H groups in total. The lowest BCUT2D eigenvalue weighted by Gasteiger charge is -2.21. The molecule has 1 fully saturated rings. The third-order valence-electron chi connectivity index (χ3n) is 6.55. The summed E-state index contributed by atoms with van der Waals surface area (Å²) in [5.74, 6) is 0.576. The van der Waals surface area contributed by atoms with Gasteiger partial charge in [0.05, 0.1) is 18.2 Å². The van der Waals surface area contributed by atoms with Crippen LogP contribution < -0.4 is 10.1 Å². The fourth-order valence-corrected chi connectivity index (χ4v) is 4.95. The Bertz CT molecular complexity index is 1460. The number of methoxy groups -OCH3 is 1. The zero-order valence-electron chi connectivity index (χ0n) is 20.9. The van der Waals surface area contributed by atoms with Crippen LogP contribution in [0.5, 0.6) is 5.75 Å². The van der Waals surface area contributed by atoms with E-state index in [1.54, 1.807) is 30.7 Å². The second-order valence-corrected chi connectivity index (χ2v) is 10.4. The second kappa shape index (κ2) is 9.70. The van der Waals surface area contributed by atoms with Crippen molar-refractivity contribution in [2.45, 2.75) is 32.2 Å². The Labute approximate surface area is 214 Å². The van der Waals surface area contributed by atoms with Crippen molar-refractivity contribution in [3.05, 3.63) is 82.6 Å². The Kier molecular flexibility index (Phi) is 6.45. The first-order chi connectivity index (χ1) is 17.4. The standard InChI is InChI=1S/C24H22N4O2S.C4H7N/c1-14-6-7-17(30-3)13-19(14)22(29)26-24(8-9-24)20-11-16(23-28-27-15(2)31-23)12-21-18(20)5-4-10-25-21;1-5-3-2-4-5/h4-7,10-13H,8-9H2,1-3H3,(H,26,29);2-3H,4H2,1H3. The number of aromatic nitrogens is 3. The number of ether oxygens (including phenoxy) is 1. The van der Waals surface area contributed by atoms with E-state index in [4.69, 9.17) is 4.74 Å². The number of hydrogen-bond acceptors (Lipinski definition) is 7. The van der Waals surface area contributed by atoms with Crippen molar-refractivity contribution in [1.82, 2.24) is 25.4 Å². The molecule has 1 amide bonds. The van der Waals surface area contributed by atoms with Crippen LogP contribution in [0.15, 0.2) is 60.9 Å². The topological polar surface area (TPSA) is 80.2 Å². The van der Waals surface area contributed by atoms with Gasteiger partial charge in [0.25, 0.3) is 5.91 Å². The summed E-state index contributed by atoms with van der Waals surface area (Å²) in [4.78, 5) is 20.0. The highest BCUT2D eigenvalue weighted by molar-refractivity contribution is 7.14. The number of nitrogens with one attached hydrogen (secondary N) is 1. The molecule has 7 nitrogen and oxygen atoms in total. The SMILES string of the molecule is CN1C=CC1.COc1ccc(C)c(C(=O)NC2(c3cc(-c4nnc(C)s4)cc4ncccc34)CC2)c1. The van der Waals surface area contributed by atoms with Crippen molar-refractivity contribution in [2.75, 3.05) is 20.7 Å². The summed E-state index contributed by atoms with van der Waals surface area (Å²) in [5.41, 5.74) is 4.08. The monoisotopic (exact) mass is 499 g/mol. The normalized spacial score (nSPS) is 15.1. The van der Waals surface area contributed by atoms with Crippen LogP contribution in [0, 0.1) is 13.8 Å². The van der Waals surface area contributed by atoms with Crippen molar-refractivity contribution < 1.29 is 9.53 Å². The van der Waals surface area contributed by atoms with E-state index in [2.05, 4.69) is 56.9 Å². The Morgan fingerprint density at radius 2 is 1.92 bits per heavy atom. The number of carbonyl (C=O) groups excluding carboxylic acids is 1. The summed E-state index contributed by atoms with van der Waals surface area (Å²) in [6.07, 6.45) is 7.73.